The van der Waals surface area contributed by atoms with Gasteiger partial charge in [0, 0.05) is 16.7 Å². The Bertz CT molecular complexity index is 1830. The fraction of sp³-hybridized carbons (Fsp3) is 0.0286. The van der Waals surface area contributed by atoms with Crippen molar-refractivity contribution in [1.82, 2.24) is 15.0 Å². The van der Waals surface area contributed by atoms with E-state index in [1.54, 1.807) is 0 Å². The molecule has 5 aromatic carbocycles. The van der Waals surface area contributed by atoms with Crippen molar-refractivity contribution in [3.63, 3.8) is 0 Å². The molecule has 0 atom stereocenters. The first-order chi connectivity index (χ1) is 19.2. The maximum atomic E-state index is 9.92. The van der Waals surface area contributed by atoms with Gasteiger partial charge in [-0.05, 0) is 58.0 Å². The van der Waals surface area contributed by atoms with Gasteiger partial charge in [0.05, 0.1) is 11.6 Å². The van der Waals surface area contributed by atoms with Gasteiger partial charge in [-0.3, -0.25) is 0 Å². The summed E-state index contributed by atoms with van der Waals surface area (Å²) in [4.78, 5) is 14.5. The van der Waals surface area contributed by atoms with Crippen LogP contribution in [0.3, 0.4) is 0 Å². The Morgan fingerprint density at radius 1 is 0.462 bits per heavy atom. The highest BCUT2D eigenvalue weighted by atomic mass is 15.0. The molecule has 6 aromatic rings. The van der Waals surface area contributed by atoms with Crippen LogP contribution in [0.15, 0.2) is 121 Å². The zero-order valence-electron chi connectivity index (χ0n) is 21.0. The van der Waals surface area contributed by atoms with E-state index < -0.39 is 0 Å². The molecule has 7 rings (SSSR count). The Kier molecular flexibility index (Phi) is 5.53. The predicted molar refractivity (Wildman–Crippen MR) is 155 cm³/mol. The van der Waals surface area contributed by atoms with Gasteiger partial charge in [-0.1, -0.05) is 103 Å². The monoisotopic (exact) mass is 498 g/mol. The van der Waals surface area contributed by atoms with Gasteiger partial charge in [0.25, 0.3) is 0 Å². The second kappa shape index (κ2) is 9.48. The van der Waals surface area contributed by atoms with Crippen molar-refractivity contribution >= 4 is 0 Å². The molecule has 0 aliphatic heterocycles. The van der Waals surface area contributed by atoms with Crippen molar-refractivity contribution in [2.75, 3.05) is 0 Å². The number of fused-ring (bicyclic) bond motifs is 3. The van der Waals surface area contributed by atoms with Crippen LogP contribution in [0.4, 0.5) is 0 Å². The van der Waals surface area contributed by atoms with E-state index in [9.17, 15) is 5.26 Å². The van der Waals surface area contributed by atoms with Crippen molar-refractivity contribution in [3.05, 3.63) is 138 Å². The predicted octanol–water partition coefficient (Wildman–Crippen LogP) is 7.98. The molecule has 182 valence electrons. The van der Waals surface area contributed by atoms with Gasteiger partial charge in [0.2, 0.25) is 0 Å². The Morgan fingerprint density at radius 2 is 1.03 bits per heavy atom. The molecule has 0 spiro atoms. The number of nitrogens with zero attached hydrogens (tertiary/aromatic N) is 4. The van der Waals surface area contributed by atoms with E-state index in [0.717, 1.165) is 34.2 Å². The van der Waals surface area contributed by atoms with Crippen LogP contribution in [-0.2, 0) is 6.42 Å². The minimum absolute atomic E-state index is 0.537. The van der Waals surface area contributed by atoms with E-state index in [-0.39, 0.29) is 0 Å². The van der Waals surface area contributed by atoms with Crippen LogP contribution >= 0.6 is 0 Å². The lowest BCUT2D eigenvalue weighted by Crippen LogP contribution is -2.00. The zero-order valence-corrected chi connectivity index (χ0v) is 21.0. The van der Waals surface area contributed by atoms with Crippen LogP contribution in [0.25, 0.3) is 56.4 Å². The molecular formula is C35H22N4. The number of hydrogen-bond acceptors (Lipinski definition) is 4. The molecule has 39 heavy (non-hydrogen) atoms. The van der Waals surface area contributed by atoms with E-state index in [2.05, 4.69) is 54.6 Å². The van der Waals surface area contributed by atoms with Crippen molar-refractivity contribution in [1.29, 1.82) is 5.26 Å². The van der Waals surface area contributed by atoms with Crippen molar-refractivity contribution in [2.24, 2.45) is 0 Å². The smallest absolute Gasteiger partial charge is 0.164 e. The van der Waals surface area contributed by atoms with Crippen LogP contribution in [0.5, 0.6) is 0 Å². The molecule has 0 fully saturated rings. The highest BCUT2D eigenvalue weighted by molar-refractivity contribution is 5.81. The van der Waals surface area contributed by atoms with Crippen LogP contribution < -0.4 is 0 Å². The molecule has 0 amide bonds. The summed E-state index contributed by atoms with van der Waals surface area (Å²) < 4.78 is 0. The zero-order chi connectivity index (χ0) is 26.2. The van der Waals surface area contributed by atoms with Crippen LogP contribution in [-0.4, -0.2) is 15.0 Å². The third kappa shape index (κ3) is 4.27. The first kappa shape index (κ1) is 22.8. The quantitative estimate of drug-likeness (QED) is 0.247. The third-order valence-electron chi connectivity index (χ3n) is 7.15. The molecule has 1 aliphatic rings. The first-order valence-electron chi connectivity index (χ1n) is 12.9. The van der Waals surface area contributed by atoms with E-state index in [1.165, 1.54) is 22.3 Å². The molecule has 0 saturated carbocycles. The van der Waals surface area contributed by atoms with Crippen LogP contribution in [0, 0.1) is 11.3 Å². The summed E-state index contributed by atoms with van der Waals surface area (Å²) in [6, 6.07) is 43.2. The van der Waals surface area contributed by atoms with E-state index >= 15 is 0 Å². The molecule has 4 nitrogen and oxygen atoms in total. The molecule has 1 heterocycles. The Morgan fingerprint density at radius 3 is 1.69 bits per heavy atom. The van der Waals surface area contributed by atoms with Crippen molar-refractivity contribution in [2.45, 2.75) is 6.42 Å². The molecule has 1 aromatic heterocycles. The maximum absolute atomic E-state index is 9.92. The lowest BCUT2D eigenvalue weighted by Gasteiger charge is -2.11. The lowest BCUT2D eigenvalue weighted by atomic mass is 9.96. The summed E-state index contributed by atoms with van der Waals surface area (Å²) in [6.45, 7) is 0. The van der Waals surface area contributed by atoms with Crippen molar-refractivity contribution < 1.29 is 0 Å². The normalized spacial score (nSPS) is 11.5. The lowest BCUT2D eigenvalue weighted by molar-refractivity contribution is 1.07. The fourth-order valence-electron chi connectivity index (χ4n) is 5.25. The topological polar surface area (TPSA) is 62.5 Å². The highest BCUT2D eigenvalue weighted by Gasteiger charge is 2.19. The number of nitriles is 1. The first-order valence-corrected chi connectivity index (χ1v) is 12.9. The standard InChI is InChI=1S/C35H22N4/c36-22-23-17-28(26-15-16-32-29(19-26)20-27-13-7-8-14-31(27)32)21-30(18-23)35-38-33(24-9-3-1-4-10-24)37-34(39-35)25-11-5-2-6-12-25/h1-19,21H,20H2. The van der Waals surface area contributed by atoms with Gasteiger partial charge in [-0.2, -0.15) is 5.26 Å². The summed E-state index contributed by atoms with van der Waals surface area (Å²) >= 11 is 0. The van der Waals surface area contributed by atoms with Crippen LogP contribution in [0.2, 0.25) is 0 Å². The van der Waals surface area contributed by atoms with Gasteiger partial charge >= 0.3 is 0 Å². The minimum atomic E-state index is 0.537. The molecule has 4 heteroatoms. The molecule has 0 bridgehead atoms. The molecule has 0 saturated heterocycles. The molecule has 0 radical (unpaired) electrons. The second-order valence-electron chi connectivity index (χ2n) is 9.65. The van der Waals surface area contributed by atoms with E-state index in [4.69, 9.17) is 15.0 Å². The Hall–Kier alpha value is -5.40. The summed E-state index contributed by atoms with van der Waals surface area (Å²) in [7, 11) is 0. The van der Waals surface area contributed by atoms with Crippen molar-refractivity contribution in [3.8, 4) is 62.5 Å². The fourth-order valence-corrected chi connectivity index (χ4v) is 5.25. The average Bonchev–Trinajstić information content (AvgIpc) is 3.39. The summed E-state index contributed by atoms with van der Waals surface area (Å²) in [5.74, 6) is 1.73. The minimum Gasteiger partial charge on any atom is -0.208 e. The molecule has 0 unspecified atom stereocenters. The average molecular weight is 499 g/mol. The number of rotatable bonds is 4. The summed E-state index contributed by atoms with van der Waals surface area (Å²) in [5, 5.41) is 9.92. The summed E-state index contributed by atoms with van der Waals surface area (Å²) in [6.07, 6.45) is 0.915. The Labute approximate surface area is 226 Å². The van der Waals surface area contributed by atoms with Gasteiger partial charge in [-0.25, -0.2) is 15.0 Å². The van der Waals surface area contributed by atoms with Gasteiger partial charge in [0.1, 0.15) is 0 Å². The second-order valence-corrected chi connectivity index (χ2v) is 9.65. The van der Waals surface area contributed by atoms with Gasteiger partial charge in [0.15, 0.2) is 17.5 Å². The highest BCUT2D eigenvalue weighted by Crippen LogP contribution is 2.39. The van der Waals surface area contributed by atoms with E-state index in [0.29, 0.717) is 23.0 Å². The largest absolute Gasteiger partial charge is 0.208 e. The molecular weight excluding hydrogens is 476 g/mol. The number of hydrogen-bond donors (Lipinski definition) is 0. The van der Waals surface area contributed by atoms with Gasteiger partial charge in [-0.15, -0.1) is 0 Å². The molecule has 1 aliphatic carbocycles. The Balaban J connectivity index is 1.36. The van der Waals surface area contributed by atoms with E-state index in [1.807, 2.05) is 72.8 Å². The summed E-state index contributed by atoms with van der Waals surface area (Å²) in [5.41, 5.74) is 10.4. The number of aromatic nitrogens is 3. The third-order valence-corrected chi connectivity index (χ3v) is 7.15. The molecule has 0 N–H and O–H groups in total. The van der Waals surface area contributed by atoms with Gasteiger partial charge < -0.3 is 0 Å². The number of benzene rings is 5. The maximum Gasteiger partial charge on any atom is 0.164 e. The SMILES string of the molecule is N#Cc1cc(-c2ccc3c(c2)Cc2ccccc2-3)cc(-c2nc(-c3ccccc3)nc(-c3ccccc3)n2)c1. The van der Waals surface area contributed by atoms with Crippen LogP contribution in [0.1, 0.15) is 16.7 Å².